The molecule has 2 unspecified atom stereocenters. The van der Waals surface area contributed by atoms with Crippen LogP contribution in [0.4, 0.5) is 4.79 Å². The van der Waals surface area contributed by atoms with E-state index in [1.807, 2.05) is 34.6 Å². The van der Waals surface area contributed by atoms with Gasteiger partial charge in [-0.2, -0.15) is 0 Å². The molecule has 0 aromatic carbocycles. The average Bonchev–Trinajstić information content (AvgIpc) is 3.34. The SMILES string of the molecule is C=CCNC(=O)C(=O)C(CCC)NC(=O)[C@@H]1CC(O)CN1C(=O)[C@@H](NC(=O)N[C@H](CN1C(=O)CC(C)(C)CC1=O)C(C)(C)C)C(C)(C)C. The van der Waals surface area contributed by atoms with Crippen molar-refractivity contribution in [2.45, 2.75) is 125 Å². The second kappa shape index (κ2) is 16.1. The highest BCUT2D eigenvalue weighted by Gasteiger charge is 2.46. The summed E-state index contributed by atoms with van der Waals surface area (Å²) >= 11 is 0. The van der Waals surface area contributed by atoms with E-state index < -0.39 is 76.1 Å². The van der Waals surface area contributed by atoms with Crippen molar-refractivity contribution in [2.75, 3.05) is 19.6 Å². The van der Waals surface area contributed by atoms with Crippen molar-refractivity contribution in [1.29, 1.82) is 0 Å². The third-order valence-corrected chi connectivity index (χ3v) is 8.67. The Labute approximate surface area is 284 Å². The van der Waals surface area contributed by atoms with E-state index in [0.717, 1.165) is 0 Å². The molecule has 0 bridgehead atoms. The van der Waals surface area contributed by atoms with Gasteiger partial charge in [0.2, 0.25) is 29.4 Å². The second-order valence-electron chi connectivity index (χ2n) is 15.9. The molecule has 5 N–H and O–H groups in total. The molecule has 2 heterocycles. The predicted octanol–water partition coefficient (Wildman–Crippen LogP) is 1.41. The zero-order valence-corrected chi connectivity index (χ0v) is 30.0. The smallest absolute Gasteiger partial charge is 0.315 e. The minimum absolute atomic E-state index is 0.0391. The molecular formula is C34H56N6O8. The lowest BCUT2D eigenvalue weighted by atomic mass is 9.80. The molecule has 0 saturated carbocycles. The first-order valence-electron chi connectivity index (χ1n) is 16.6. The van der Waals surface area contributed by atoms with Gasteiger partial charge in [0.25, 0.3) is 5.91 Å². The largest absolute Gasteiger partial charge is 0.391 e. The lowest BCUT2D eigenvalue weighted by Gasteiger charge is -2.40. The fraction of sp³-hybridized carbons (Fsp3) is 0.735. The van der Waals surface area contributed by atoms with Crippen LogP contribution in [0.3, 0.4) is 0 Å². The van der Waals surface area contributed by atoms with Gasteiger partial charge in [-0.15, -0.1) is 6.58 Å². The molecule has 2 rings (SSSR count). The summed E-state index contributed by atoms with van der Waals surface area (Å²) in [7, 11) is 0. The minimum atomic E-state index is -1.16. The van der Waals surface area contributed by atoms with Gasteiger partial charge >= 0.3 is 6.03 Å². The Bertz CT molecular complexity index is 1250. The van der Waals surface area contributed by atoms with E-state index in [-0.39, 0.29) is 57.1 Å². The van der Waals surface area contributed by atoms with Gasteiger partial charge in [-0.3, -0.25) is 33.7 Å². The number of rotatable bonds is 13. The Morgan fingerprint density at radius 1 is 0.979 bits per heavy atom. The van der Waals surface area contributed by atoms with Crippen molar-refractivity contribution < 1.29 is 38.7 Å². The molecule has 2 aliphatic heterocycles. The molecule has 14 nitrogen and oxygen atoms in total. The van der Waals surface area contributed by atoms with Crippen LogP contribution in [0.25, 0.3) is 0 Å². The minimum Gasteiger partial charge on any atom is -0.391 e. The Morgan fingerprint density at radius 3 is 2.06 bits per heavy atom. The van der Waals surface area contributed by atoms with Crippen LogP contribution in [-0.4, -0.2) is 106 Å². The number of likely N-dealkylation sites (tertiary alicyclic amines) is 2. The molecular weight excluding hydrogens is 620 g/mol. The first-order chi connectivity index (χ1) is 22.0. The third kappa shape index (κ3) is 10.9. The molecule has 2 saturated heterocycles. The highest BCUT2D eigenvalue weighted by molar-refractivity contribution is 6.38. The van der Waals surface area contributed by atoms with Crippen molar-refractivity contribution >= 4 is 41.4 Å². The van der Waals surface area contributed by atoms with Crippen molar-refractivity contribution in [1.82, 2.24) is 31.1 Å². The molecule has 0 aromatic heterocycles. The van der Waals surface area contributed by atoms with Crippen LogP contribution in [0.2, 0.25) is 0 Å². The summed E-state index contributed by atoms with van der Waals surface area (Å²) in [6, 6.07) is -4.82. The number of aliphatic hydroxyl groups is 1. The summed E-state index contributed by atoms with van der Waals surface area (Å²) < 4.78 is 0. The molecule has 2 aliphatic rings. The van der Waals surface area contributed by atoms with Crippen LogP contribution in [0.1, 0.15) is 94.4 Å². The van der Waals surface area contributed by atoms with Gasteiger partial charge in [-0.25, -0.2) is 4.79 Å². The zero-order valence-electron chi connectivity index (χ0n) is 30.0. The van der Waals surface area contributed by atoms with Gasteiger partial charge in [-0.05, 0) is 22.7 Å². The lowest BCUT2D eigenvalue weighted by Crippen LogP contribution is -2.62. The lowest BCUT2D eigenvalue weighted by molar-refractivity contribution is -0.153. The van der Waals surface area contributed by atoms with E-state index in [1.54, 1.807) is 27.7 Å². The number of hydrogen-bond acceptors (Lipinski definition) is 8. The van der Waals surface area contributed by atoms with Crippen molar-refractivity contribution in [3.63, 3.8) is 0 Å². The number of imide groups is 1. The van der Waals surface area contributed by atoms with E-state index in [9.17, 15) is 38.7 Å². The highest BCUT2D eigenvalue weighted by Crippen LogP contribution is 2.33. The summed E-state index contributed by atoms with van der Waals surface area (Å²) in [6.45, 7) is 19.7. The molecule has 5 atom stereocenters. The quantitative estimate of drug-likeness (QED) is 0.110. The van der Waals surface area contributed by atoms with Crippen LogP contribution >= 0.6 is 0 Å². The fourth-order valence-electron chi connectivity index (χ4n) is 5.82. The van der Waals surface area contributed by atoms with Gasteiger partial charge in [0.05, 0.1) is 18.2 Å². The standard InChI is InChI=1S/C34H56N6O8/c1-11-13-21(26(44)29(46)35-14-12-2)36-28(45)22-15-20(41)18-39(22)30(47)27(33(6,7)8)38-31(48)37-23(32(3,4)5)19-40-24(42)16-34(9,10)17-25(40)43/h12,20-23,27,41H,2,11,13-19H2,1,3-10H3,(H,35,46)(H,36,45)(H2,37,38,48)/t20?,21?,22-,23+,27+/m0/s1. The van der Waals surface area contributed by atoms with Gasteiger partial charge < -0.3 is 31.3 Å². The van der Waals surface area contributed by atoms with Crippen molar-refractivity contribution in [2.24, 2.45) is 16.2 Å². The molecule has 48 heavy (non-hydrogen) atoms. The summed E-state index contributed by atoms with van der Waals surface area (Å²) in [5.74, 6) is -3.65. The van der Waals surface area contributed by atoms with E-state index >= 15 is 0 Å². The highest BCUT2D eigenvalue weighted by atomic mass is 16.3. The fourth-order valence-corrected chi connectivity index (χ4v) is 5.82. The number of carbonyl (C=O) groups excluding carboxylic acids is 7. The number of ketones is 1. The third-order valence-electron chi connectivity index (χ3n) is 8.67. The normalized spacial score (nSPS) is 21.5. The molecule has 14 heteroatoms. The molecule has 2 fully saturated rings. The topological polar surface area (TPSA) is 194 Å². The Hall–Kier alpha value is -3.81. The van der Waals surface area contributed by atoms with E-state index in [1.165, 1.54) is 15.9 Å². The number of Topliss-reactive ketones (excluding diaryl/α,β-unsaturated/α-hetero) is 1. The van der Waals surface area contributed by atoms with Gasteiger partial charge in [0.15, 0.2) is 0 Å². The maximum Gasteiger partial charge on any atom is 0.315 e. The van der Waals surface area contributed by atoms with Crippen molar-refractivity contribution in [3.8, 4) is 0 Å². The summed E-state index contributed by atoms with van der Waals surface area (Å²) in [6.07, 6.45) is 1.36. The Morgan fingerprint density at radius 2 is 1.56 bits per heavy atom. The number of piperidine rings is 1. The first-order valence-corrected chi connectivity index (χ1v) is 16.6. The van der Waals surface area contributed by atoms with Crippen LogP contribution in [-0.2, 0) is 28.8 Å². The number of β-amino-alcohol motifs (C(OH)–C–C–N with tert-alkyl or cyclic N) is 1. The first kappa shape index (κ1) is 40.4. The summed E-state index contributed by atoms with van der Waals surface area (Å²) in [4.78, 5) is 94.3. The van der Waals surface area contributed by atoms with Gasteiger partial charge in [0, 0.05) is 38.9 Å². The molecule has 0 aliphatic carbocycles. The molecule has 0 radical (unpaired) electrons. The Balaban J connectivity index is 2.25. The molecule has 7 amide bonds. The van der Waals surface area contributed by atoms with Crippen molar-refractivity contribution in [3.05, 3.63) is 12.7 Å². The summed E-state index contributed by atoms with van der Waals surface area (Å²) in [5, 5.41) is 21.1. The number of nitrogens with zero attached hydrogens (tertiary/aromatic N) is 2. The van der Waals surface area contributed by atoms with Gasteiger partial charge in [-0.1, -0.05) is 74.8 Å². The zero-order chi connectivity index (χ0) is 36.8. The van der Waals surface area contributed by atoms with E-state index in [2.05, 4.69) is 27.8 Å². The molecule has 270 valence electrons. The van der Waals surface area contributed by atoms with Crippen LogP contribution < -0.4 is 21.3 Å². The molecule has 0 aromatic rings. The van der Waals surface area contributed by atoms with Crippen LogP contribution in [0.15, 0.2) is 12.7 Å². The maximum absolute atomic E-state index is 14.1. The predicted molar refractivity (Wildman–Crippen MR) is 179 cm³/mol. The van der Waals surface area contributed by atoms with Gasteiger partial charge in [0.1, 0.15) is 12.1 Å². The number of amides is 7. The second-order valence-corrected chi connectivity index (χ2v) is 15.9. The van der Waals surface area contributed by atoms with E-state index in [0.29, 0.717) is 6.42 Å². The van der Waals surface area contributed by atoms with Crippen LogP contribution in [0, 0.1) is 16.2 Å². The van der Waals surface area contributed by atoms with E-state index in [4.69, 9.17) is 0 Å². The average molecular weight is 677 g/mol. The maximum atomic E-state index is 14.1. The number of carbonyl (C=O) groups is 7. The van der Waals surface area contributed by atoms with Crippen LogP contribution in [0.5, 0.6) is 0 Å². The number of nitrogens with one attached hydrogen (secondary N) is 4. The Kier molecular flexibility index (Phi) is 13.5. The molecule has 0 spiro atoms. The number of aliphatic hydroxyl groups excluding tert-OH is 1. The number of hydrogen-bond donors (Lipinski definition) is 5. The monoisotopic (exact) mass is 676 g/mol. The summed E-state index contributed by atoms with van der Waals surface area (Å²) in [5.41, 5.74) is -1.88. The number of urea groups is 1.